The van der Waals surface area contributed by atoms with Gasteiger partial charge in [-0.15, -0.1) is 0 Å². The Morgan fingerprint density at radius 3 is 2.28 bits per heavy atom. The SMILES string of the molecule is CCCCCCCCCOc1ccc(-c2ccc(CC(C)CCCC(C)C)cn2)c(F)c1. The van der Waals surface area contributed by atoms with Gasteiger partial charge in [-0.1, -0.05) is 91.5 Å². The first kappa shape index (κ1) is 26.4. The molecule has 178 valence electrons. The first-order valence-corrected chi connectivity index (χ1v) is 12.9. The van der Waals surface area contributed by atoms with Crippen molar-refractivity contribution in [2.75, 3.05) is 6.61 Å². The molecule has 0 spiro atoms. The lowest BCUT2D eigenvalue weighted by molar-refractivity contribution is 0.303. The number of unbranched alkanes of at least 4 members (excludes halogenated alkanes) is 6. The molecule has 2 aromatic rings. The minimum absolute atomic E-state index is 0.274. The summed E-state index contributed by atoms with van der Waals surface area (Å²) in [6.45, 7) is 9.75. The fourth-order valence-electron chi connectivity index (χ4n) is 4.13. The zero-order valence-electron chi connectivity index (χ0n) is 20.8. The van der Waals surface area contributed by atoms with E-state index in [1.54, 1.807) is 6.07 Å². The molecular formula is C29H44FNO. The van der Waals surface area contributed by atoms with Crippen molar-refractivity contribution in [3.63, 3.8) is 0 Å². The molecule has 0 bridgehead atoms. The van der Waals surface area contributed by atoms with Crippen LogP contribution in [0.3, 0.4) is 0 Å². The van der Waals surface area contributed by atoms with Gasteiger partial charge in [0.25, 0.3) is 0 Å². The Hall–Kier alpha value is -1.90. The monoisotopic (exact) mass is 441 g/mol. The van der Waals surface area contributed by atoms with E-state index in [0.29, 0.717) is 29.5 Å². The van der Waals surface area contributed by atoms with Crippen LogP contribution in [0.1, 0.15) is 97.5 Å². The molecule has 1 heterocycles. The van der Waals surface area contributed by atoms with Gasteiger partial charge in [-0.25, -0.2) is 4.39 Å². The van der Waals surface area contributed by atoms with Crippen LogP contribution >= 0.6 is 0 Å². The number of hydrogen-bond acceptors (Lipinski definition) is 2. The van der Waals surface area contributed by atoms with E-state index in [-0.39, 0.29) is 5.82 Å². The van der Waals surface area contributed by atoms with Crippen LogP contribution in [-0.4, -0.2) is 11.6 Å². The average Bonchev–Trinajstić information content (AvgIpc) is 2.76. The minimum atomic E-state index is -0.274. The number of rotatable bonds is 16. The predicted octanol–water partition coefficient (Wildman–Crippen LogP) is 9.02. The first-order chi connectivity index (χ1) is 15.5. The van der Waals surface area contributed by atoms with Crippen molar-refractivity contribution < 1.29 is 9.13 Å². The van der Waals surface area contributed by atoms with Crippen LogP contribution in [0.2, 0.25) is 0 Å². The molecule has 32 heavy (non-hydrogen) atoms. The van der Waals surface area contributed by atoms with Crippen LogP contribution < -0.4 is 4.74 Å². The lowest BCUT2D eigenvalue weighted by Crippen LogP contribution is -2.02. The van der Waals surface area contributed by atoms with Crippen molar-refractivity contribution in [3.8, 4) is 17.0 Å². The number of halogens is 1. The van der Waals surface area contributed by atoms with Crippen molar-refractivity contribution in [1.82, 2.24) is 4.98 Å². The van der Waals surface area contributed by atoms with Gasteiger partial charge in [0.1, 0.15) is 11.6 Å². The summed E-state index contributed by atoms with van der Waals surface area (Å²) in [4.78, 5) is 4.54. The molecule has 2 rings (SSSR count). The molecule has 0 saturated carbocycles. The summed E-state index contributed by atoms with van der Waals surface area (Å²) in [6, 6.07) is 9.15. The van der Waals surface area contributed by atoms with Gasteiger partial charge >= 0.3 is 0 Å². The summed E-state index contributed by atoms with van der Waals surface area (Å²) in [6.07, 6.45) is 15.4. The van der Waals surface area contributed by atoms with Gasteiger partial charge in [-0.2, -0.15) is 0 Å². The van der Waals surface area contributed by atoms with Crippen LogP contribution in [0.15, 0.2) is 36.5 Å². The number of pyridine rings is 1. The van der Waals surface area contributed by atoms with Gasteiger partial charge < -0.3 is 4.74 Å². The maximum Gasteiger partial charge on any atom is 0.136 e. The summed E-state index contributed by atoms with van der Waals surface area (Å²) in [5.41, 5.74) is 2.43. The topological polar surface area (TPSA) is 22.1 Å². The Kier molecular flexibility index (Phi) is 12.4. The van der Waals surface area contributed by atoms with Crippen molar-refractivity contribution in [2.24, 2.45) is 11.8 Å². The van der Waals surface area contributed by atoms with E-state index in [1.165, 1.54) is 69.4 Å². The normalized spacial score (nSPS) is 12.3. The largest absolute Gasteiger partial charge is 0.493 e. The zero-order chi connectivity index (χ0) is 23.2. The van der Waals surface area contributed by atoms with Crippen LogP contribution in [0, 0.1) is 17.7 Å². The summed E-state index contributed by atoms with van der Waals surface area (Å²) in [5, 5.41) is 0. The Morgan fingerprint density at radius 2 is 1.62 bits per heavy atom. The van der Waals surface area contributed by atoms with E-state index < -0.39 is 0 Å². The second kappa shape index (κ2) is 15.0. The molecule has 0 aliphatic carbocycles. The number of benzene rings is 1. The molecule has 0 amide bonds. The third-order valence-corrected chi connectivity index (χ3v) is 6.12. The van der Waals surface area contributed by atoms with Gasteiger partial charge in [0.05, 0.1) is 12.3 Å². The molecule has 1 aromatic carbocycles. The number of ether oxygens (including phenoxy) is 1. The standard InChI is InChI=1S/C29H44FNO/c1-5-6-7-8-9-10-11-19-32-26-16-17-27(28(30)21-26)29-18-15-25(22-31-29)20-24(4)14-12-13-23(2)3/h15-18,21-24H,5-14,19-20H2,1-4H3. The number of nitrogens with zero attached hydrogens (tertiary/aromatic N) is 1. The fourth-order valence-corrected chi connectivity index (χ4v) is 4.13. The maximum absolute atomic E-state index is 14.7. The van der Waals surface area contributed by atoms with E-state index in [9.17, 15) is 4.39 Å². The molecule has 1 aromatic heterocycles. The van der Waals surface area contributed by atoms with Crippen molar-refractivity contribution in [3.05, 3.63) is 47.9 Å². The Bertz CT molecular complexity index is 756. The molecule has 0 N–H and O–H groups in total. The van der Waals surface area contributed by atoms with Crippen LogP contribution in [0.5, 0.6) is 5.75 Å². The minimum Gasteiger partial charge on any atom is -0.493 e. The highest BCUT2D eigenvalue weighted by Crippen LogP contribution is 2.26. The average molecular weight is 442 g/mol. The maximum atomic E-state index is 14.7. The van der Waals surface area contributed by atoms with Crippen molar-refractivity contribution in [2.45, 2.75) is 98.3 Å². The van der Waals surface area contributed by atoms with Crippen molar-refractivity contribution in [1.29, 1.82) is 0 Å². The molecule has 1 unspecified atom stereocenters. The zero-order valence-corrected chi connectivity index (χ0v) is 20.8. The fraction of sp³-hybridized carbons (Fsp3) is 0.621. The second-order valence-electron chi connectivity index (χ2n) is 9.80. The Balaban J connectivity index is 1.78. The predicted molar refractivity (Wildman–Crippen MR) is 135 cm³/mol. The molecule has 1 atom stereocenters. The van der Waals surface area contributed by atoms with Crippen molar-refractivity contribution >= 4 is 0 Å². The van der Waals surface area contributed by atoms with E-state index in [2.05, 4.69) is 38.7 Å². The molecule has 0 saturated heterocycles. The highest BCUT2D eigenvalue weighted by atomic mass is 19.1. The molecule has 0 aliphatic rings. The van der Waals surface area contributed by atoms with E-state index in [0.717, 1.165) is 18.8 Å². The molecular weight excluding hydrogens is 397 g/mol. The molecule has 2 nitrogen and oxygen atoms in total. The summed E-state index contributed by atoms with van der Waals surface area (Å²) < 4.78 is 20.4. The quantitative estimate of drug-likeness (QED) is 0.242. The van der Waals surface area contributed by atoms with Gasteiger partial charge in [0.2, 0.25) is 0 Å². The highest BCUT2D eigenvalue weighted by Gasteiger charge is 2.10. The van der Waals surface area contributed by atoms with Crippen LogP contribution in [0.25, 0.3) is 11.3 Å². The van der Waals surface area contributed by atoms with Gasteiger partial charge in [0, 0.05) is 17.8 Å². The molecule has 0 radical (unpaired) electrons. The molecule has 0 fully saturated rings. The molecule has 0 aliphatic heterocycles. The van der Waals surface area contributed by atoms with E-state index in [1.807, 2.05) is 18.3 Å². The van der Waals surface area contributed by atoms with Gasteiger partial charge in [-0.3, -0.25) is 4.98 Å². The number of hydrogen-bond donors (Lipinski definition) is 0. The lowest BCUT2D eigenvalue weighted by atomic mass is 9.94. The summed E-state index contributed by atoms with van der Waals surface area (Å²) >= 11 is 0. The third-order valence-electron chi connectivity index (χ3n) is 6.12. The Labute approximate surface area is 196 Å². The Morgan fingerprint density at radius 1 is 0.875 bits per heavy atom. The first-order valence-electron chi connectivity index (χ1n) is 12.9. The summed E-state index contributed by atoms with van der Waals surface area (Å²) in [5.74, 6) is 1.74. The van der Waals surface area contributed by atoms with Crippen LogP contribution in [-0.2, 0) is 6.42 Å². The van der Waals surface area contributed by atoms with Gasteiger partial charge in [0.15, 0.2) is 0 Å². The lowest BCUT2D eigenvalue weighted by Gasteiger charge is -2.13. The second-order valence-corrected chi connectivity index (χ2v) is 9.80. The van der Waals surface area contributed by atoms with E-state index >= 15 is 0 Å². The summed E-state index contributed by atoms with van der Waals surface area (Å²) in [7, 11) is 0. The van der Waals surface area contributed by atoms with Crippen LogP contribution in [0.4, 0.5) is 4.39 Å². The molecule has 3 heteroatoms. The highest BCUT2D eigenvalue weighted by molar-refractivity contribution is 5.61. The van der Waals surface area contributed by atoms with Gasteiger partial charge in [-0.05, 0) is 48.4 Å². The number of aromatic nitrogens is 1. The smallest absolute Gasteiger partial charge is 0.136 e. The van der Waals surface area contributed by atoms with E-state index in [4.69, 9.17) is 4.74 Å². The third kappa shape index (κ3) is 10.1.